The van der Waals surface area contributed by atoms with Crippen LogP contribution < -0.4 is 5.32 Å². The van der Waals surface area contributed by atoms with Crippen molar-refractivity contribution in [3.8, 4) is 0 Å². The van der Waals surface area contributed by atoms with Crippen LogP contribution in [-0.4, -0.2) is 30.2 Å². The number of ketones is 1. The van der Waals surface area contributed by atoms with E-state index in [0.29, 0.717) is 12.1 Å². The second-order valence-electron chi connectivity index (χ2n) is 4.36. The molecule has 0 unspecified atom stereocenters. The third kappa shape index (κ3) is 2.68. The molecule has 2 atom stereocenters. The lowest BCUT2D eigenvalue weighted by atomic mass is 9.95. The molecule has 0 saturated heterocycles. The number of ether oxygens (including phenoxy) is 1. The number of carbonyl (C=O) groups is 2. The van der Waals surface area contributed by atoms with E-state index in [1.54, 1.807) is 24.3 Å². The van der Waals surface area contributed by atoms with Gasteiger partial charge in [-0.25, -0.2) is 4.79 Å². The summed E-state index contributed by atoms with van der Waals surface area (Å²) in [5.74, 6) is -0.0473. The van der Waals surface area contributed by atoms with Crippen LogP contribution in [0.5, 0.6) is 0 Å². The Morgan fingerprint density at radius 3 is 2.50 bits per heavy atom. The largest absolute Gasteiger partial charge is 0.453 e. The van der Waals surface area contributed by atoms with Gasteiger partial charge in [-0.2, -0.15) is 0 Å². The first-order chi connectivity index (χ1) is 8.60. The average Bonchev–Trinajstić information content (AvgIpc) is 2.69. The lowest BCUT2D eigenvalue weighted by Crippen LogP contribution is -2.12. The van der Waals surface area contributed by atoms with Crippen molar-refractivity contribution in [2.75, 3.05) is 12.4 Å². The van der Waals surface area contributed by atoms with Crippen LogP contribution in [0.4, 0.5) is 10.5 Å². The Balaban J connectivity index is 2.08. The lowest BCUT2D eigenvalue weighted by Gasteiger charge is -2.14. The Morgan fingerprint density at radius 1 is 1.33 bits per heavy atom. The van der Waals surface area contributed by atoms with Crippen molar-refractivity contribution >= 4 is 17.6 Å². The van der Waals surface area contributed by atoms with Gasteiger partial charge in [0.2, 0.25) is 0 Å². The minimum absolute atomic E-state index is 0.0873. The zero-order chi connectivity index (χ0) is 13.1. The average molecular weight is 249 g/mol. The summed E-state index contributed by atoms with van der Waals surface area (Å²) in [5, 5.41) is 12.3. The molecule has 2 rings (SSSR count). The number of Topliss-reactive ketones (excluding diaryl/α,β-unsaturated/α-hetero) is 1. The highest BCUT2D eigenvalue weighted by Crippen LogP contribution is 2.32. The first-order valence-electron chi connectivity index (χ1n) is 5.75. The number of methoxy groups -OCH3 is 1. The van der Waals surface area contributed by atoms with Crippen LogP contribution in [0.15, 0.2) is 24.3 Å². The van der Waals surface area contributed by atoms with Gasteiger partial charge in [0.15, 0.2) is 0 Å². The van der Waals surface area contributed by atoms with Gasteiger partial charge in [0.1, 0.15) is 5.78 Å². The first-order valence-corrected chi connectivity index (χ1v) is 5.75. The summed E-state index contributed by atoms with van der Waals surface area (Å²) in [5.41, 5.74) is 1.52. The standard InChI is InChI=1S/C13H15NO4/c1-18-13(17)14-9-4-2-8(3-5-9)11-6-10(15)7-12(11)16/h2-5,11-12,16H,6-7H2,1H3,(H,14,17)/t11-,12+/m0/s1. The van der Waals surface area contributed by atoms with Gasteiger partial charge in [0.05, 0.1) is 13.2 Å². The number of hydrogen-bond acceptors (Lipinski definition) is 4. The third-order valence-corrected chi connectivity index (χ3v) is 3.12. The van der Waals surface area contributed by atoms with Gasteiger partial charge in [0, 0.05) is 24.4 Å². The minimum atomic E-state index is -0.600. The molecule has 5 heteroatoms. The number of hydrogen-bond donors (Lipinski definition) is 2. The summed E-state index contributed by atoms with van der Waals surface area (Å²) < 4.78 is 4.48. The van der Waals surface area contributed by atoms with Crippen LogP contribution in [-0.2, 0) is 9.53 Å². The van der Waals surface area contributed by atoms with Crippen molar-refractivity contribution in [3.05, 3.63) is 29.8 Å². The molecule has 0 spiro atoms. The van der Waals surface area contributed by atoms with Crippen LogP contribution in [0.1, 0.15) is 24.3 Å². The van der Waals surface area contributed by atoms with E-state index in [4.69, 9.17) is 0 Å². The molecule has 0 radical (unpaired) electrons. The van der Waals surface area contributed by atoms with Gasteiger partial charge in [-0.1, -0.05) is 12.1 Å². The molecule has 18 heavy (non-hydrogen) atoms. The third-order valence-electron chi connectivity index (χ3n) is 3.12. The van der Waals surface area contributed by atoms with E-state index < -0.39 is 12.2 Å². The Bertz CT molecular complexity index is 455. The topological polar surface area (TPSA) is 75.6 Å². The van der Waals surface area contributed by atoms with E-state index in [-0.39, 0.29) is 18.1 Å². The molecule has 2 N–H and O–H groups in total. The van der Waals surface area contributed by atoms with Crippen LogP contribution in [0.2, 0.25) is 0 Å². The van der Waals surface area contributed by atoms with Gasteiger partial charge >= 0.3 is 6.09 Å². The normalized spacial score (nSPS) is 22.9. The van der Waals surface area contributed by atoms with Gasteiger partial charge in [0.25, 0.3) is 0 Å². The lowest BCUT2D eigenvalue weighted by molar-refractivity contribution is -0.117. The Labute approximate surface area is 105 Å². The van der Waals surface area contributed by atoms with Crippen molar-refractivity contribution < 1.29 is 19.4 Å². The van der Waals surface area contributed by atoms with E-state index in [1.807, 2.05) is 0 Å². The molecule has 0 bridgehead atoms. The number of rotatable bonds is 2. The minimum Gasteiger partial charge on any atom is -0.453 e. The smallest absolute Gasteiger partial charge is 0.411 e. The highest BCUT2D eigenvalue weighted by molar-refractivity contribution is 5.85. The van der Waals surface area contributed by atoms with Crippen molar-refractivity contribution in [2.24, 2.45) is 0 Å². The predicted molar refractivity (Wildman–Crippen MR) is 65.5 cm³/mol. The van der Waals surface area contributed by atoms with E-state index in [1.165, 1.54) is 7.11 Å². The Hall–Kier alpha value is -1.88. The maximum Gasteiger partial charge on any atom is 0.411 e. The molecule has 0 aromatic heterocycles. The van der Waals surface area contributed by atoms with Crippen molar-refractivity contribution in [3.63, 3.8) is 0 Å². The molecule has 1 aromatic rings. The summed E-state index contributed by atoms with van der Waals surface area (Å²) in [6.45, 7) is 0. The highest BCUT2D eigenvalue weighted by atomic mass is 16.5. The van der Waals surface area contributed by atoms with Crippen molar-refractivity contribution in [2.45, 2.75) is 24.9 Å². The van der Waals surface area contributed by atoms with E-state index >= 15 is 0 Å². The molecule has 1 fully saturated rings. The number of aliphatic hydroxyl groups is 1. The molecule has 5 nitrogen and oxygen atoms in total. The second kappa shape index (κ2) is 5.18. The zero-order valence-corrected chi connectivity index (χ0v) is 10.1. The summed E-state index contributed by atoms with van der Waals surface area (Å²) in [6.07, 6.45) is -0.520. The van der Waals surface area contributed by atoms with Gasteiger partial charge in [-0.05, 0) is 17.7 Å². The van der Waals surface area contributed by atoms with E-state index in [2.05, 4.69) is 10.1 Å². The molecular weight excluding hydrogens is 234 g/mol. The van der Waals surface area contributed by atoms with E-state index in [9.17, 15) is 14.7 Å². The molecule has 0 aliphatic heterocycles. The fourth-order valence-electron chi connectivity index (χ4n) is 2.16. The summed E-state index contributed by atoms with van der Waals surface area (Å²) >= 11 is 0. The fourth-order valence-corrected chi connectivity index (χ4v) is 2.16. The van der Waals surface area contributed by atoms with Crippen LogP contribution in [0, 0.1) is 0 Å². The predicted octanol–water partition coefficient (Wildman–Crippen LogP) is 1.67. The number of benzene rings is 1. The summed E-state index contributed by atoms with van der Waals surface area (Å²) in [4.78, 5) is 22.3. The number of carbonyl (C=O) groups excluding carboxylic acids is 2. The molecule has 1 aliphatic rings. The molecule has 1 aromatic carbocycles. The van der Waals surface area contributed by atoms with E-state index in [0.717, 1.165) is 5.56 Å². The van der Waals surface area contributed by atoms with Crippen LogP contribution in [0.3, 0.4) is 0 Å². The maximum absolute atomic E-state index is 11.3. The Kier molecular flexibility index (Phi) is 3.62. The van der Waals surface area contributed by atoms with Crippen LogP contribution in [0.25, 0.3) is 0 Å². The van der Waals surface area contributed by atoms with Crippen molar-refractivity contribution in [1.82, 2.24) is 0 Å². The maximum atomic E-state index is 11.3. The Morgan fingerprint density at radius 2 is 2.00 bits per heavy atom. The molecule has 96 valence electrons. The monoisotopic (exact) mass is 249 g/mol. The van der Waals surface area contributed by atoms with Gasteiger partial charge in [-0.15, -0.1) is 0 Å². The van der Waals surface area contributed by atoms with Gasteiger partial charge in [-0.3, -0.25) is 10.1 Å². The number of aliphatic hydroxyl groups excluding tert-OH is 1. The number of anilines is 1. The molecule has 1 saturated carbocycles. The quantitative estimate of drug-likeness (QED) is 0.836. The molecule has 1 amide bonds. The van der Waals surface area contributed by atoms with Crippen LogP contribution >= 0.6 is 0 Å². The summed E-state index contributed by atoms with van der Waals surface area (Å²) in [6, 6.07) is 7.05. The fraction of sp³-hybridized carbons (Fsp3) is 0.385. The highest BCUT2D eigenvalue weighted by Gasteiger charge is 2.32. The molecule has 0 heterocycles. The zero-order valence-electron chi connectivity index (χ0n) is 10.1. The first kappa shape index (κ1) is 12.6. The summed E-state index contributed by atoms with van der Waals surface area (Å²) in [7, 11) is 1.30. The van der Waals surface area contributed by atoms with Crippen molar-refractivity contribution in [1.29, 1.82) is 0 Å². The van der Waals surface area contributed by atoms with Gasteiger partial charge < -0.3 is 9.84 Å². The second-order valence-corrected chi connectivity index (χ2v) is 4.36. The SMILES string of the molecule is COC(=O)Nc1ccc([C@@H]2CC(=O)C[C@H]2O)cc1. The number of nitrogens with one attached hydrogen (secondary N) is 1. The molecular formula is C13H15NO4. The number of amides is 1. The molecule has 1 aliphatic carbocycles.